The fourth-order valence-electron chi connectivity index (χ4n) is 3.66. The van der Waals surface area contributed by atoms with Crippen LogP contribution in [0.25, 0.3) is 0 Å². The molecule has 1 N–H and O–H groups in total. The molecule has 2 atom stereocenters. The third-order valence-electron chi connectivity index (χ3n) is 6.12. The minimum absolute atomic E-state index is 0.105. The monoisotopic (exact) mass is 402 g/mol. The van der Waals surface area contributed by atoms with Gasteiger partial charge < -0.3 is 9.84 Å². The molecular weight excluding hydrogens is 364 g/mol. The first kappa shape index (κ1) is 24.9. The molecule has 0 saturated heterocycles. The molecule has 29 heavy (non-hydrogen) atoms. The number of benzene rings is 1. The molecule has 0 amide bonds. The summed E-state index contributed by atoms with van der Waals surface area (Å²) in [4.78, 5) is 23.6. The molecule has 0 radical (unpaired) electrons. The zero-order valence-electron chi connectivity index (χ0n) is 18.5. The molecule has 0 aliphatic rings. The summed E-state index contributed by atoms with van der Waals surface area (Å²) in [5.41, 5.74) is 1.17. The highest BCUT2D eigenvalue weighted by molar-refractivity contribution is 5.78. The van der Waals surface area contributed by atoms with Crippen molar-refractivity contribution in [1.82, 2.24) is 0 Å². The Morgan fingerprint density at radius 3 is 2.31 bits per heavy atom. The lowest BCUT2D eigenvalue weighted by atomic mass is 9.72. The van der Waals surface area contributed by atoms with E-state index in [1.807, 2.05) is 36.4 Å². The van der Waals surface area contributed by atoms with E-state index in [0.717, 1.165) is 24.8 Å². The van der Waals surface area contributed by atoms with Gasteiger partial charge >= 0.3 is 11.9 Å². The third-order valence-corrected chi connectivity index (χ3v) is 6.12. The van der Waals surface area contributed by atoms with E-state index >= 15 is 0 Å². The van der Waals surface area contributed by atoms with Gasteiger partial charge in [0.05, 0.1) is 12.3 Å². The van der Waals surface area contributed by atoms with Crippen molar-refractivity contribution in [2.24, 2.45) is 17.3 Å². The van der Waals surface area contributed by atoms with Crippen molar-refractivity contribution in [3.63, 3.8) is 0 Å². The summed E-state index contributed by atoms with van der Waals surface area (Å²) in [5, 5.41) is 9.47. The highest BCUT2D eigenvalue weighted by Crippen LogP contribution is 2.38. The van der Waals surface area contributed by atoms with Crippen LogP contribution in [0.15, 0.2) is 42.5 Å². The molecule has 2 unspecified atom stereocenters. The molecule has 0 aliphatic heterocycles. The lowest BCUT2D eigenvalue weighted by Crippen LogP contribution is -2.21. The van der Waals surface area contributed by atoms with Crippen molar-refractivity contribution in [2.45, 2.75) is 79.2 Å². The van der Waals surface area contributed by atoms with Gasteiger partial charge in [-0.2, -0.15) is 0 Å². The minimum atomic E-state index is -0.955. The van der Waals surface area contributed by atoms with Gasteiger partial charge in [-0.05, 0) is 36.2 Å². The summed E-state index contributed by atoms with van der Waals surface area (Å²) < 4.78 is 5.23. The van der Waals surface area contributed by atoms with Crippen LogP contribution in [-0.2, 0) is 20.9 Å². The lowest BCUT2D eigenvalue weighted by Gasteiger charge is -2.33. The van der Waals surface area contributed by atoms with E-state index in [9.17, 15) is 14.7 Å². The quantitative estimate of drug-likeness (QED) is 0.289. The lowest BCUT2D eigenvalue weighted by molar-refractivity contribution is -0.152. The van der Waals surface area contributed by atoms with Crippen LogP contribution in [0.5, 0.6) is 0 Å². The average Bonchev–Trinajstić information content (AvgIpc) is 2.73. The van der Waals surface area contributed by atoms with E-state index < -0.39 is 17.9 Å². The van der Waals surface area contributed by atoms with Crippen molar-refractivity contribution in [2.75, 3.05) is 0 Å². The molecule has 0 heterocycles. The predicted molar refractivity (Wildman–Crippen MR) is 117 cm³/mol. The normalized spacial score (nSPS) is 13.9. The Bertz CT molecular complexity index is 631. The molecule has 1 rings (SSSR count). The van der Waals surface area contributed by atoms with Gasteiger partial charge in [0.15, 0.2) is 0 Å². The van der Waals surface area contributed by atoms with Gasteiger partial charge in [-0.3, -0.25) is 9.59 Å². The number of carboxylic acid groups (broad SMARTS) is 1. The second-order valence-electron chi connectivity index (χ2n) is 8.22. The first-order valence-corrected chi connectivity index (χ1v) is 10.9. The number of rotatable bonds is 14. The number of carboxylic acids is 1. The summed E-state index contributed by atoms with van der Waals surface area (Å²) in [7, 11) is 0. The van der Waals surface area contributed by atoms with Gasteiger partial charge in [0, 0.05) is 0 Å². The number of carbonyl (C=O) groups is 2. The Morgan fingerprint density at radius 1 is 1.10 bits per heavy atom. The van der Waals surface area contributed by atoms with Crippen molar-refractivity contribution in [1.29, 1.82) is 0 Å². The maximum absolute atomic E-state index is 12.1. The SMILES string of the molecule is CCC(C)CC(CC)(CC)C/C=C/CC(CC(=O)OCc1ccccc1)C(=O)O. The molecule has 0 fully saturated rings. The zero-order chi connectivity index (χ0) is 21.7. The third kappa shape index (κ3) is 9.29. The van der Waals surface area contributed by atoms with Crippen LogP contribution in [0, 0.1) is 17.3 Å². The molecule has 0 saturated carbocycles. The van der Waals surface area contributed by atoms with E-state index in [1.54, 1.807) is 0 Å². The Hall–Kier alpha value is -2.10. The second kappa shape index (κ2) is 13.2. The number of hydrogen-bond acceptors (Lipinski definition) is 3. The Morgan fingerprint density at radius 2 is 1.76 bits per heavy atom. The average molecular weight is 403 g/mol. The van der Waals surface area contributed by atoms with Gasteiger partial charge in [-0.15, -0.1) is 0 Å². The molecule has 0 aliphatic carbocycles. The zero-order valence-corrected chi connectivity index (χ0v) is 18.5. The summed E-state index contributed by atoms with van der Waals surface area (Å²) >= 11 is 0. The van der Waals surface area contributed by atoms with Crippen molar-refractivity contribution in [3.8, 4) is 0 Å². The Kier molecular flexibility index (Phi) is 11.3. The van der Waals surface area contributed by atoms with Crippen molar-refractivity contribution < 1.29 is 19.4 Å². The van der Waals surface area contributed by atoms with Crippen LogP contribution in [0.3, 0.4) is 0 Å². The number of hydrogen-bond donors (Lipinski definition) is 1. The molecule has 0 aromatic heterocycles. The van der Waals surface area contributed by atoms with Gasteiger partial charge in [-0.1, -0.05) is 89.4 Å². The van der Waals surface area contributed by atoms with Gasteiger partial charge in [0.25, 0.3) is 0 Å². The molecule has 4 nitrogen and oxygen atoms in total. The molecular formula is C25H38O4. The van der Waals surface area contributed by atoms with E-state index in [0.29, 0.717) is 12.3 Å². The number of allylic oxidation sites excluding steroid dienone is 2. The second-order valence-corrected chi connectivity index (χ2v) is 8.22. The first-order chi connectivity index (χ1) is 13.9. The van der Waals surface area contributed by atoms with E-state index in [2.05, 4.69) is 33.8 Å². The smallest absolute Gasteiger partial charge is 0.307 e. The maximum atomic E-state index is 12.1. The van der Waals surface area contributed by atoms with Gasteiger partial charge in [0.1, 0.15) is 6.61 Å². The highest BCUT2D eigenvalue weighted by atomic mass is 16.5. The fourth-order valence-corrected chi connectivity index (χ4v) is 3.66. The van der Waals surface area contributed by atoms with Crippen LogP contribution >= 0.6 is 0 Å². The summed E-state index contributed by atoms with van der Waals surface area (Å²) in [5.74, 6) is -1.48. The van der Waals surface area contributed by atoms with Crippen LogP contribution < -0.4 is 0 Å². The standard InChI is InChI=1S/C25H38O4/c1-5-20(4)18-25(6-2,7-3)16-12-11-15-22(24(27)28)17-23(26)29-19-21-13-9-8-10-14-21/h8-14,20,22H,5-7,15-19H2,1-4H3,(H,27,28)/b12-11+. The molecule has 0 spiro atoms. The van der Waals surface area contributed by atoms with Crippen LogP contribution in [0.2, 0.25) is 0 Å². The minimum Gasteiger partial charge on any atom is -0.481 e. The molecule has 4 heteroatoms. The van der Waals surface area contributed by atoms with Crippen LogP contribution in [-0.4, -0.2) is 17.0 Å². The number of ether oxygens (including phenoxy) is 1. The molecule has 1 aromatic rings. The van der Waals surface area contributed by atoms with Gasteiger partial charge in [0.2, 0.25) is 0 Å². The predicted octanol–water partition coefficient (Wildman–Crippen LogP) is 6.40. The summed E-state index contributed by atoms with van der Waals surface area (Å²) in [6, 6.07) is 9.40. The molecule has 162 valence electrons. The van der Waals surface area contributed by atoms with Crippen molar-refractivity contribution >= 4 is 11.9 Å². The summed E-state index contributed by atoms with van der Waals surface area (Å²) in [6.07, 6.45) is 9.84. The van der Waals surface area contributed by atoms with E-state index in [1.165, 1.54) is 12.8 Å². The Balaban J connectivity index is 2.55. The van der Waals surface area contributed by atoms with E-state index in [4.69, 9.17) is 4.74 Å². The highest BCUT2D eigenvalue weighted by Gasteiger charge is 2.26. The van der Waals surface area contributed by atoms with Crippen LogP contribution in [0.1, 0.15) is 78.2 Å². The van der Waals surface area contributed by atoms with Crippen molar-refractivity contribution in [3.05, 3.63) is 48.0 Å². The fraction of sp³-hybridized carbons (Fsp3) is 0.600. The van der Waals surface area contributed by atoms with E-state index in [-0.39, 0.29) is 18.4 Å². The molecule has 1 aromatic carbocycles. The Labute approximate surface area is 176 Å². The molecule has 0 bridgehead atoms. The first-order valence-electron chi connectivity index (χ1n) is 10.9. The maximum Gasteiger partial charge on any atom is 0.307 e. The van der Waals surface area contributed by atoms with Gasteiger partial charge in [-0.25, -0.2) is 0 Å². The number of carbonyl (C=O) groups excluding carboxylic acids is 1. The number of aliphatic carboxylic acids is 1. The van der Waals surface area contributed by atoms with Crippen LogP contribution in [0.4, 0.5) is 0 Å². The summed E-state index contributed by atoms with van der Waals surface area (Å²) in [6.45, 7) is 9.17. The largest absolute Gasteiger partial charge is 0.481 e. The topological polar surface area (TPSA) is 63.6 Å². The number of esters is 1.